The zero-order valence-corrected chi connectivity index (χ0v) is 17.6. The molecule has 0 bridgehead atoms. The largest absolute Gasteiger partial charge is 0.376 e. The number of rotatable bonds is 9. The monoisotopic (exact) mass is 454 g/mol. The fourth-order valence-electron chi connectivity index (χ4n) is 2.62. The predicted molar refractivity (Wildman–Crippen MR) is 110 cm³/mol. The zero-order valence-electron chi connectivity index (χ0n) is 15.2. The zero-order chi connectivity index (χ0) is 16.8. The Labute approximate surface area is 164 Å². The van der Waals surface area contributed by atoms with Gasteiger partial charge >= 0.3 is 0 Å². The van der Waals surface area contributed by atoms with Gasteiger partial charge in [0.1, 0.15) is 6.54 Å². The van der Waals surface area contributed by atoms with Crippen molar-refractivity contribution in [2.75, 3.05) is 32.8 Å². The number of guanidine groups is 1. The molecule has 0 aromatic heterocycles. The van der Waals surface area contributed by atoms with Crippen LogP contribution in [0.4, 0.5) is 0 Å². The predicted octanol–water partition coefficient (Wildman–Crippen LogP) is 2.43. The number of nitrogens with one attached hydrogen (secondary N) is 3. The minimum atomic E-state index is -0.0428. The van der Waals surface area contributed by atoms with E-state index in [0.29, 0.717) is 31.8 Å². The quantitative estimate of drug-likeness (QED) is 0.165. The van der Waals surface area contributed by atoms with Gasteiger partial charge in [-0.25, -0.2) is 4.99 Å². The van der Waals surface area contributed by atoms with E-state index in [2.05, 4.69) is 20.9 Å². The number of amides is 1. The highest BCUT2D eigenvalue weighted by Gasteiger charge is 2.12. The molecular weight excluding hydrogens is 419 g/mol. The molecule has 0 saturated heterocycles. The molecule has 0 spiro atoms. The highest BCUT2D eigenvalue weighted by molar-refractivity contribution is 14.0. The minimum Gasteiger partial charge on any atom is -0.376 e. The van der Waals surface area contributed by atoms with Gasteiger partial charge in [-0.05, 0) is 26.2 Å². The summed E-state index contributed by atoms with van der Waals surface area (Å²) in [7, 11) is 0. The Morgan fingerprint density at radius 1 is 1.04 bits per heavy atom. The van der Waals surface area contributed by atoms with E-state index in [9.17, 15) is 4.79 Å². The molecule has 142 valence electrons. The van der Waals surface area contributed by atoms with Crippen molar-refractivity contribution in [3.63, 3.8) is 0 Å². The van der Waals surface area contributed by atoms with E-state index < -0.39 is 0 Å². The molecule has 0 heterocycles. The number of hydrogen-bond donors (Lipinski definition) is 3. The van der Waals surface area contributed by atoms with Gasteiger partial charge in [0.15, 0.2) is 5.96 Å². The average Bonchev–Trinajstić information content (AvgIpc) is 2.83. The SMILES string of the molecule is CCCNC(=O)CN=C(NCC)NCCOC1CCCCCC1.I. The first kappa shape index (κ1) is 23.4. The topological polar surface area (TPSA) is 74.8 Å². The maximum atomic E-state index is 11.6. The fraction of sp³-hybridized carbons (Fsp3) is 0.882. The van der Waals surface area contributed by atoms with E-state index in [1.165, 1.54) is 38.5 Å². The number of hydrogen-bond acceptors (Lipinski definition) is 3. The first-order valence-electron chi connectivity index (χ1n) is 9.16. The molecule has 6 nitrogen and oxygen atoms in total. The molecule has 0 atom stereocenters. The normalized spacial score (nSPS) is 16.0. The summed E-state index contributed by atoms with van der Waals surface area (Å²) in [5, 5.41) is 9.19. The number of carbonyl (C=O) groups excluding carboxylic acids is 1. The van der Waals surface area contributed by atoms with Gasteiger partial charge < -0.3 is 20.7 Å². The highest BCUT2D eigenvalue weighted by Crippen LogP contribution is 2.19. The summed E-state index contributed by atoms with van der Waals surface area (Å²) in [4.78, 5) is 15.9. The Hall–Kier alpha value is -0.570. The molecule has 1 aliphatic rings. The number of halogens is 1. The first-order valence-corrected chi connectivity index (χ1v) is 9.16. The smallest absolute Gasteiger partial charge is 0.241 e. The van der Waals surface area contributed by atoms with Crippen LogP contribution < -0.4 is 16.0 Å². The summed E-state index contributed by atoms with van der Waals surface area (Å²) < 4.78 is 5.95. The summed E-state index contributed by atoms with van der Waals surface area (Å²) in [6, 6.07) is 0. The molecule has 0 unspecified atom stereocenters. The summed E-state index contributed by atoms with van der Waals surface area (Å²) in [6.45, 7) is 7.05. The number of carbonyl (C=O) groups is 1. The van der Waals surface area contributed by atoms with E-state index in [0.717, 1.165) is 13.0 Å². The van der Waals surface area contributed by atoms with Crippen LogP contribution in [0, 0.1) is 0 Å². The van der Waals surface area contributed by atoms with Crippen LogP contribution in [0.2, 0.25) is 0 Å². The number of ether oxygens (including phenoxy) is 1. The highest BCUT2D eigenvalue weighted by atomic mass is 127. The molecule has 1 fully saturated rings. The van der Waals surface area contributed by atoms with Gasteiger partial charge in [-0.1, -0.05) is 32.6 Å². The molecular formula is C17H35IN4O2. The van der Waals surface area contributed by atoms with Gasteiger partial charge in [0.05, 0.1) is 12.7 Å². The lowest BCUT2D eigenvalue weighted by Gasteiger charge is -2.16. The van der Waals surface area contributed by atoms with E-state index >= 15 is 0 Å². The van der Waals surface area contributed by atoms with Crippen LogP contribution in [0.3, 0.4) is 0 Å². The van der Waals surface area contributed by atoms with Crippen molar-refractivity contribution in [1.82, 2.24) is 16.0 Å². The van der Waals surface area contributed by atoms with Crippen LogP contribution in [-0.2, 0) is 9.53 Å². The Kier molecular flexibility index (Phi) is 15.6. The molecule has 0 aromatic rings. The molecule has 1 amide bonds. The van der Waals surface area contributed by atoms with Crippen molar-refractivity contribution in [3.05, 3.63) is 0 Å². The Bertz CT molecular complexity index is 345. The van der Waals surface area contributed by atoms with Crippen LogP contribution >= 0.6 is 24.0 Å². The molecule has 7 heteroatoms. The second kappa shape index (κ2) is 15.9. The summed E-state index contributed by atoms with van der Waals surface area (Å²) in [6.07, 6.45) is 8.98. The molecule has 0 aromatic carbocycles. The van der Waals surface area contributed by atoms with Crippen molar-refractivity contribution < 1.29 is 9.53 Å². The van der Waals surface area contributed by atoms with E-state index in [1.807, 2.05) is 13.8 Å². The van der Waals surface area contributed by atoms with Crippen molar-refractivity contribution in [2.24, 2.45) is 4.99 Å². The summed E-state index contributed by atoms with van der Waals surface area (Å²) in [5.74, 6) is 0.627. The minimum absolute atomic E-state index is 0. The standard InChI is InChI=1S/C17H34N4O2.HI/c1-3-11-19-16(22)14-21-17(18-4-2)20-12-13-23-15-9-7-5-6-8-10-15;/h15H,3-14H2,1-2H3,(H,19,22)(H2,18,20,21);1H. The van der Waals surface area contributed by atoms with Crippen LogP contribution in [0.1, 0.15) is 58.8 Å². The van der Waals surface area contributed by atoms with Crippen LogP contribution in [0.5, 0.6) is 0 Å². The Morgan fingerprint density at radius 3 is 2.38 bits per heavy atom. The lowest BCUT2D eigenvalue weighted by Crippen LogP contribution is -2.40. The average molecular weight is 454 g/mol. The lowest BCUT2D eigenvalue weighted by atomic mass is 10.1. The maximum absolute atomic E-state index is 11.6. The summed E-state index contributed by atoms with van der Waals surface area (Å²) in [5.41, 5.74) is 0. The third-order valence-corrected chi connectivity index (χ3v) is 3.85. The van der Waals surface area contributed by atoms with Crippen molar-refractivity contribution in [3.8, 4) is 0 Å². The second-order valence-electron chi connectivity index (χ2n) is 5.96. The molecule has 1 rings (SSSR count). The Balaban J connectivity index is 0.00000529. The first-order chi connectivity index (χ1) is 11.3. The van der Waals surface area contributed by atoms with E-state index in [-0.39, 0.29) is 36.4 Å². The fourth-order valence-corrected chi connectivity index (χ4v) is 2.62. The van der Waals surface area contributed by atoms with Gasteiger partial charge in [-0.3, -0.25) is 4.79 Å². The summed E-state index contributed by atoms with van der Waals surface area (Å²) >= 11 is 0. The molecule has 0 radical (unpaired) electrons. The van der Waals surface area contributed by atoms with Gasteiger partial charge in [-0.15, -0.1) is 24.0 Å². The number of aliphatic imine (C=N–C) groups is 1. The van der Waals surface area contributed by atoms with Gasteiger partial charge in [0, 0.05) is 19.6 Å². The Morgan fingerprint density at radius 2 is 1.75 bits per heavy atom. The van der Waals surface area contributed by atoms with Crippen LogP contribution in [0.25, 0.3) is 0 Å². The van der Waals surface area contributed by atoms with Crippen molar-refractivity contribution >= 4 is 35.8 Å². The van der Waals surface area contributed by atoms with Crippen LogP contribution in [0.15, 0.2) is 4.99 Å². The van der Waals surface area contributed by atoms with E-state index in [1.54, 1.807) is 0 Å². The molecule has 24 heavy (non-hydrogen) atoms. The van der Waals surface area contributed by atoms with Gasteiger partial charge in [-0.2, -0.15) is 0 Å². The molecule has 3 N–H and O–H groups in total. The van der Waals surface area contributed by atoms with Gasteiger partial charge in [0.2, 0.25) is 5.91 Å². The molecule has 1 saturated carbocycles. The molecule has 0 aliphatic heterocycles. The maximum Gasteiger partial charge on any atom is 0.241 e. The number of nitrogens with zero attached hydrogens (tertiary/aromatic N) is 1. The lowest BCUT2D eigenvalue weighted by molar-refractivity contribution is -0.119. The van der Waals surface area contributed by atoms with Gasteiger partial charge in [0.25, 0.3) is 0 Å². The van der Waals surface area contributed by atoms with Crippen molar-refractivity contribution in [2.45, 2.75) is 64.9 Å². The van der Waals surface area contributed by atoms with E-state index in [4.69, 9.17) is 4.74 Å². The molecule has 1 aliphatic carbocycles. The second-order valence-corrected chi connectivity index (χ2v) is 5.96. The third kappa shape index (κ3) is 11.9. The third-order valence-electron chi connectivity index (χ3n) is 3.85. The van der Waals surface area contributed by atoms with Crippen molar-refractivity contribution in [1.29, 1.82) is 0 Å². The van der Waals surface area contributed by atoms with Crippen LogP contribution in [-0.4, -0.2) is 50.8 Å².